The van der Waals surface area contributed by atoms with Crippen molar-refractivity contribution in [3.05, 3.63) is 161 Å². The zero-order valence-corrected chi connectivity index (χ0v) is 29.0. The number of aryl methyl sites for hydroxylation is 1. The van der Waals surface area contributed by atoms with Gasteiger partial charge in [-0.05, 0) is 60.0 Å². The summed E-state index contributed by atoms with van der Waals surface area (Å²) in [4.78, 5) is 15.9. The minimum Gasteiger partial charge on any atom is -0.497 e. The molecule has 8 nitrogen and oxygen atoms in total. The molecule has 0 bridgehead atoms. The van der Waals surface area contributed by atoms with E-state index in [1.165, 1.54) is 3.97 Å². The van der Waals surface area contributed by atoms with Gasteiger partial charge in [0.05, 0.1) is 29.6 Å². The monoisotopic (exact) mass is 685 g/mol. The summed E-state index contributed by atoms with van der Waals surface area (Å²) in [6.45, 7) is 4.62. The first-order valence-electron chi connectivity index (χ1n) is 16.6. The molecule has 254 valence electrons. The molecule has 2 heterocycles. The van der Waals surface area contributed by atoms with Gasteiger partial charge in [0.25, 0.3) is 10.0 Å². The number of nitrogens with one attached hydrogen (secondary N) is 1. The fourth-order valence-corrected chi connectivity index (χ4v) is 8.43. The molecule has 1 N–H and O–H groups in total. The van der Waals surface area contributed by atoms with Crippen LogP contribution in [0.25, 0.3) is 10.9 Å². The number of hydrogen-bond donors (Lipinski definition) is 1. The van der Waals surface area contributed by atoms with Crippen molar-refractivity contribution in [1.82, 2.24) is 9.29 Å². The zero-order valence-electron chi connectivity index (χ0n) is 28.2. The van der Waals surface area contributed by atoms with E-state index >= 15 is 0 Å². The van der Waals surface area contributed by atoms with Crippen molar-refractivity contribution in [2.75, 3.05) is 12.0 Å². The highest BCUT2D eigenvalue weighted by atomic mass is 32.2. The van der Waals surface area contributed by atoms with E-state index in [4.69, 9.17) is 9.47 Å². The van der Waals surface area contributed by atoms with E-state index in [-0.39, 0.29) is 23.5 Å². The van der Waals surface area contributed by atoms with E-state index in [1.54, 1.807) is 25.4 Å². The van der Waals surface area contributed by atoms with Crippen molar-refractivity contribution < 1.29 is 22.7 Å². The summed E-state index contributed by atoms with van der Waals surface area (Å²) in [6.07, 6.45) is 1.24. The number of hydrogen-bond acceptors (Lipinski definition) is 6. The van der Waals surface area contributed by atoms with Crippen LogP contribution in [0, 0.1) is 12.8 Å². The minimum atomic E-state index is -3.88. The Balaban J connectivity index is 1.31. The molecule has 7 rings (SSSR count). The number of amides is 1. The minimum absolute atomic E-state index is 0.133. The first-order chi connectivity index (χ1) is 24.2. The zero-order chi connectivity index (χ0) is 34.8. The normalized spacial score (nSPS) is 17.3. The highest BCUT2D eigenvalue weighted by Crippen LogP contribution is 2.49. The van der Waals surface area contributed by atoms with Crippen molar-refractivity contribution in [3.63, 3.8) is 0 Å². The van der Waals surface area contributed by atoms with Gasteiger partial charge in [0, 0.05) is 35.3 Å². The topological polar surface area (TPSA) is 89.9 Å². The second kappa shape index (κ2) is 13.8. The van der Waals surface area contributed by atoms with Gasteiger partial charge in [0.15, 0.2) is 0 Å². The first kappa shape index (κ1) is 33.0. The maximum atomic E-state index is 14.0. The molecular formula is C41H39N3O5S. The standard InChI is InChI=1S/C41H39N3O5S/c1-28-18-21-34(22-19-28)50(46,47)44-26-32(35-16-10-11-17-38(35)44)25-43-37-23-20-33(48-3)24-36(37)39(29(2)40(43)31-14-8-5-9-15-31)42-41(45)49-27-30-12-6-4-7-13-30/h4-24,26,29,39-40H,25,27H2,1-3H3,(H,42,45)/t29-,39-,40-/m0/s1. The summed E-state index contributed by atoms with van der Waals surface area (Å²) in [5.41, 5.74) is 6.22. The van der Waals surface area contributed by atoms with Crippen LogP contribution in [0.1, 0.15) is 46.8 Å². The third-order valence-corrected chi connectivity index (χ3v) is 11.2. The fraction of sp³-hybridized carbons (Fsp3) is 0.195. The smallest absolute Gasteiger partial charge is 0.407 e. The molecule has 0 aliphatic carbocycles. The summed E-state index contributed by atoms with van der Waals surface area (Å²) in [5, 5.41) is 4.03. The van der Waals surface area contributed by atoms with E-state index in [0.29, 0.717) is 17.8 Å². The van der Waals surface area contributed by atoms with Crippen LogP contribution in [-0.4, -0.2) is 25.6 Å². The SMILES string of the molecule is COc1ccc2c(c1)[C@@H](NC(=O)OCc1ccccc1)[C@H](C)[C@@H](c1ccccc1)N2Cc1cn(S(=O)(=O)c2ccc(C)cc2)c2ccccc12. The molecule has 0 unspecified atom stereocenters. The lowest BCUT2D eigenvalue weighted by Crippen LogP contribution is -2.45. The van der Waals surface area contributed by atoms with Crippen LogP contribution in [0.15, 0.2) is 138 Å². The third-order valence-electron chi connectivity index (χ3n) is 9.54. The van der Waals surface area contributed by atoms with E-state index < -0.39 is 22.2 Å². The Morgan fingerprint density at radius 2 is 1.52 bits per heavy atom. The van der Waals surface area contributed by atoms with Crippen molar-refractivity contribution in [3.8, 4) is 5.75 Å². The van der Waals surface area contributed by atoms with Gasteiger partial charge in [0.1, 0.15) is 12.4 Å². The number of benzene rings is 5. The Kier molecular flexibility index (Phi) is 9.08. The number of anilines is 1. The van der Waals surface area contributed by atoms with Crippen molar-refractivity contribution in [2.45, 2.75) is 44.0 Å². The Morgan fingerprint density at radius 3 is 2.24 bits per heavy atom. The van der Waals surface area contributed by atoms with Crippen LogP contribution >= 0.6 is 0 Å². The Bertz CT molecular complexity index is 2240. The molecule has 1 aliphatic rings. The van der Waals surface area contributed by atoms with E-state index in [1.807, 2.05) is 110 Å². The van der Waals surface area contributed by atoms with Gasteiger partial charge >= 0.3 is 6.09 Å². The molecule has 50 heavy (non-hydrogen) atoms. The number of carbonyl (C=O) groups excluding carboxylic acids is 1. The largest absolute Gasteiger partial charge is 0.497 e. The number of para-hydroxylation sites is 1. The number of methoxy groups -OCH3 is 1. The van der Waals surface area contributed by atoms with Gasteiger partial charge in [-0.2, -0.15) is 0 Å². The second-order valence-electron chi connectivity index (χ2n) is 12.7. The lowest BCUT2D eigenvalue weighted by atomic mass is 9.79. The number of carbonyl (C=O) groups is 1. The summed E-state index contributed by atoms with van der Waals surface area (Å²) in [6, 6.07) is 39.6. The molecule has 0 spiro atoms. The van der Waals surface area contributed by atoms with Gasteiger partial charge < -0.3 is 19.7 Å². The number of rotatable bonds is 9. The van der Waals surface area contributed by atoms with Crippen LogP contribution in [-0.2, 0) is 27.9 Å². The van der Waals surface area contributed by atoms with E-state index in [9.17, 15) is 13.2 Å². The Hall–Kier alpha value is -5.54. The first-order valence-corrected chi connectivity index (χ1v) is 18.1. The number of alkyl carbamates (subject to hydrolysis) is 1. The summed E-state index contributed by atoms with van der Waals surface area (Å²) in [7, 11) is -2.25. The molecule has 9 heteroatoms. The Labute approximate surface area is 292 Å². The van der Waals surface area contributed by atoms with E-state index in [2.05, 4.69) is 29.3 Å². The number of fused-ring (bicyclic) bond motifs is 2. The van der Waals surface area contributed by atoms with Crippen LogP contribution < -0.4 is 15.0 Å². The maximum Gasteiger partial charge on any atom is 0.407 e. The van der Waals surface area contributed by atoms with Crippen LogP contribution in [0.5, 0.6) is 5.75 Å². The van der Waals surface area contributed by atoms with Gasteiger partial charge in [-0.25, -0.2) is 17.2 Å². The summed E-state index contributed by atoms with van der Waals surface area (Å²) < 4.78 is 40.8. The van der Waals surface area contributed by atoms with Gasteiger partial charge in [0.2, 0.25) is 0 Å². The fourth-order valence-electron chi connectivity index (χ4n) is 7.04. The molecule has 0 fully saturated rings. The van der Waals surface area contributed by atoms with Gasteiger partial charge in [-0.3, -0.25) is 0 Å². The third kappa shape index (κ3) is 6.32. The predicted molar refractivity (Wildman–Crippen MR) is 196 cm³/mol. The number of aromatic nitrogens is 1. The Morgan fingerprint density at radius 1 is 0.840 bits per heavy atom. The van der Waals surface area contributed by atoms with Crippen molar-refractivity contribution in [2.24, 2.45) is 5.92 Å². The van der Waals surface area contributed by atoms with Crippen molar-refractivity contribution >= 4 is 32.7 Å². The van der Waals surface area contributed by atoms with Gasteiger partial charge in [-0.15, -0.1) is 0 Å². The lowest BCUT2D eigenvalue weighted by molar-refractivity contribution is 0.129. The maximum absolute atomic E-state index is 14.0. The average Bonchev–Trinajstić information content (AvgIpc) is 3.52. The van der Waals surface area contributed by atoms with Crippen LogP contribution in [0.4, 0.5) is 10.5 Å². The molecule has 3 atom stereocenters. The number of nitrogens with zero attached hydrogens (tertiary/aromatic N) is 2. The molecule has 0 saturated carbocycles. The molecule has 1 aliphatic heterocycles. The van der Waals surface area contributed by atoms with Crippen molar-refractivity contribution in [1.29, 1.82) is 0 Å². The lowest BCUT2D eigenvalue weighted by Gasteiger charge is -2.47. The predicted octanol–water partition coefficient (Wildman–Crippen LogP) is 8.56. The highest BCUT2D eigenvalue weighted by molar-refractivity contribution is 7.90. The second-order valence-corrected chi connectivity index (χ2v) is 14.6. The van der Waals surface area contributed by atoms with Crippen LogP contribution in [0.2, 0.25) is 0 Å². The quantitative estimate of drug-likeness (QED) is 0.164. The van der Waals surface area contributed by atoms with Crippen LogP contribution in [0.3, 0.4) is 0 Å². The molecule has 5 aromatic carbocycles. The summed E-state index contributed by atoms with van der Waals surface area (Å²) >= 11 is 0. The molecule has 0 radical (unpaired) electrons. The molecule has 1 amide bonds. The summed E-state index contributed by atoms with van der Waals surface area (Å²) in [5.74, 6) is 0.533. The molecule has 0 saturated heterocycles. The van der Waals surface area contributed by atoms with Gasteiger partial charge in [-0.1, -0.05) is 103 Å². The molecule has 1 aromatic heterocycles. The number of ether oxygens (including phenoxy) is 2. The highest BCUT2D eigenvalue weighted by Gasteiger charge is 2.41. The average molecular weight is 686 g/mol. The molecular weight excluding hydrogens is 647 g/mol. The molecule has 6 aromatic rings. The van der Waals surface area contributed by atoms with E-state index in [0.717, 1.165) is 38.9 Å².